The van der Waals surface area contributed by atoms with Gasteiger partial charge in [-0.25, -0.2) is 4.79 Å². The molecule has 1 aromatic heterocycles. The maximum absolute atomic E-state index is 11.7. The molecule has 2 rings (SSSR count). The highest BCUT2D eigenvalue weighted by atomic mass is 16.6. The number of alkyl carbamates (subject to hydrolysis) is 1. The third-order valence-corrected chi connectivity index (χ3v) is 3.84. The van der Waals surface area contributed by atoms with E-state index in [4.69, 9.17) is 4.74 Å². The Morgan fingerprint density at radius 3 is 2.86 bits per heavy atom. The van der Waals surface area contributed by atoms with E-state index in [0.717, 1.165) is 25.1 Å². The molecule has 1 aliphatic carbocycles. The Kier molecular flexibility index (Phi) is 5.77. The summed E-state index contributed by atoms with van der Waals surface area (Å²) in [5, 5.41) is 6.46. The maximum Gasteiger partial charge on any atom is 0.407 e. The van der Waals surface area contributed by atoms with Crippen LogP contribution in [0.5, 0.6) is 0 Å². The van der Waals surface area contributed by atoms with Gasteiger partial charge in [-0.05, 0) is 51.7 Å². The van der Waals surface area contributed by atoms with E-state index in [9.17, 15) is 4.79 Å². The molecule has 5 heteroatoms. The van der Waals surface area contributed by atoms with Crippen molar-refractivity contribution in [1.82, 2.24) is 15.6 Å². The first kappa shape index (κ1) is 16.7. The van der Waals surface area contributed by atoms with E-state index in [1.54, 1.807) is 0 Å². The molecule has 1 saturated carbocycles. The quantitative estimate of drug-likeness (QED) is 0.878. The summed E-state index contributed by atoms with van der Waals surface area (Å²) in [5.41, 5.74) is 0.601. The minimum atomic E-state index is -0.448. The van der Waals surface area contributed by atoms with Gasteiger partial charge in [-0.1, -0.05) is 12.5 Å². The molecule has 1 fully saturated rings. The largest absolute Gasteiger partial charge is 0.444 e. The molecule has 0 spiro atoms. The lowest BCUT2D eigenvalue weighted by molar-refractivity contribution is 0.0517. The smallest absolute Gasteiger partial charge is 0.407 e. The highest BCUT2D eigenvalue weighted by Crippen LogP contribution is 2.25. The van der Waals surface area contributed by atoms with Gasteiger partial charge < -0.3 is 15.4 Å². The number of nitrogens with one attached hydrogen (secondary N) is 2. The summed E-state index contributed by atoms with van der Waals surface area (Å²) in [5.74, 6) is 0.455. The van der Waals surface area contributed by atoms with Crippen LogP contribution in [0, 0.1) is 5.92 Å². The van der Waals surface area contributed by atoms with Crippen LogP contribution in [0.3, 0.4) is 0 Å². The van der Waals surface area contributed by atoms with Crippen molar-refractivity contribution in [2.24, 2.45) is 5.92 Å². The zero-order valence-corrected chi connectivity index (χ0v) is 13.8. The average Bonchev–Trinajstić information content (AvgIpc) is 2.90. The third kappa shape index (κ3) is 5.64. The second kappa shape index (κ2) is 7.58. The first-order chi connectivity index (χ1) is 10.4. The first-order valence-corrected chi connectivity index (χ1v) is 8.04. The van der Waals surface area contributed by atoms with Crippen molar-refractivity contribution >= 4 is 6.09 Å². The average molecular weight is 305 g/mol. The van der Waals surface area contributed by atoms with Crippen molar-refractivity contribution in [2.45, 2.75) is 58.2 Å². The minimum Gasteiger partial charge on any atom is -0.444 e. The predicted molar refractivity (Wildman–Crippen MR) is 86.4 cm³/mol. The van der Waals surface area contributed by atoms with E-state index in [1.807, 2.05) is 45.2 Å². The second-order valence-corrected chi connectivity index (χ2v) is 6.88. The fraction of sp³-hybridized carbons (Fsp3) is 0.647. The monoisotopic (exact) mass is 305 g/mol. The number of pyridine rings is 1. The van der Waals surface area contributed by atoms with Gasteiger partial charge in [0.05, 0.1) is 5.69 Å². The molecular formula is C17H27N3O2. The van der Waals surface area contributed by atoms with Gasteiger partial charge in [-0.2, -0.15) is 0 Å². The molecule has 2 unspecified atom stereocenters. The number of hydrogen-bond donors (Lipinski definition) is 2. The Balaban J connectivity index is 1.75. The molecule has 1 heterocycles. The Morgan fingerprint density at radius 1 is 1.36 bits per heavy atom. The van der Waals surface area contributed by atoms with Crippen molar-refractivity contribution in [1.29, 1.82) is 0 Å². The Morgan fingerprint density at radius 2 is 2.18 bits per heavy atom. The predicted octanol–water partition coefficient (Wildman–Crippen LogP) is 2.86. The van der Waals surface area contributed by atoms with Gasteiger partial charge in [-0.15, -0.1) is 0 Å². The van der Waals surface area contributed by atoms with Crippen LogP contribution in [-0.2, 0) is 11.3 Å². The molecule has 1 aliphatic rings. The molecule has 1 amide bonds. The molecule has 22 heavy (non-hydrogen) atoms. The van der Waals surface area contributed by atoms with Crippen LogP contribution < -0.4 is 10.6 Å². The molecule has 0 aromatic carbocycles. The number of aromatic nitrogens is 1. The summed E-state index contributed by atoms with van der Waals surface area (Å²) in [4.78, 5) is 16.1. The van der Waals surface area contributed by atoms with Crippen LogP contribution >= 0.6 is 0 Å². The van der Waals surface area contributed by atoms with Crippen LogP contribution in [0.4, 0.5) is 4.79 Å². The normalized spacial score (nSPS) is 21.6. The third-order valence-electron chi connectivity index (χ3n) is 3.84. The molecule has 122 valence electrons. The van der Waals surface area contributed by atoms with E-state index >= 15 is 0 Å². The van der Waals surface area contributed by atoms with Crippen LogP contribution in [-0.4, -0.2) is 29.3 Å². The van der Waals surface area contributed by atoms with Crippen molar-refractivity contribution < 1.29 is 9.53 Å². The van der Waals surface area contributed by atoms with Crippen LogP contribution in [0.25, 0.3) is 0 Å². The fourth-order valence-electron chi connectivity index (χ4n) is 2.82. The van der Waals surface area contributed by atoms with Crippen LogP contribution in [0.2, 0.25) is 0 Å². The van der Waals surface area contributed by atoms with Crippen molar-refractivity contribution in [3.8, 4) is 0 Å². The van der Waals surface area contributed by atoms with Gasteiger partial charge in [-0.3, -0.25) is 4.98 Å². The number of rotatable bonds is 5. The number of nitrogens with zero attached hydrogens (tertiary/aromatic N) is 1. The highest BCUT2D eigenvalue weighted by molar-refractivity contribution is 5.67. The van der Waals surface area contributed by atoms with Crippen molar-refractivity contribution in [3.05, 3.63) is 30.1 Å². The molecule has 0 aliphatic heterocycles. The molecule has 2 N–H and O–H groups in total. The second-order valence-electron chi connectivity index (χ2n) is 6.88. The van der Waals surface area contributed by atoms with E-state index in [1.165, 1.54) is 6.42 Å². The Bertz CT molecular complexity index is 471. The molecule has 0 saturated heterocycles. The minimum absolute atomic E-state index is 0.331. The summed E-state index contributed by atoms with van der Waals surface area (Å²) < 4.78 is 5.28. The standard InChI is InChI=1S/C17H27N3O2/c1-17(2,3)22-16(21)20-11-13-7-6-9-15(13)19-12-14-8-4-5-10-18-14/h4-5,8,10,13,15,19H,6-7,9,11-12H2,1-3H3,(H,20,21). The van der Waals surface area contributed by atoms with E-state index in [-0.39, 0.29) is 6.09 Å². The Labute approximate surface area is 132 Å². The maximum atomic E-state index is 11.7. The summed E-state index contributed by atoms with van der Waals surface area (Å²) in [6.07, 6.45) is 4.96. The lowest BCUT2D eigenvalue weighted by Crippen LogP contribution is -2.40. The molecule has 2 atom stereocenters. The number of ether oxygens (including phenoxy) is 1. The molecular weight excluding hydrogens is 278 g/mol. The topological polar surface area (TPSA) is 63.2 Å². The lowest BCUT2D eigenvalue weighted by atomic mass is 10.0. The number of amides is 1. The molecule has 1 aromatic rings. The van der Waals surface area contributed by atoms with Gasteiger partial charge >= 0.3 is 6.09 Å². The zero-order chi connectivity index (χ0) is 16.0. The van der Waals surface area contributed by atoms with E-state index < -0.39 is 5.60 Å². The first-order valence-electron chi connectivity index (χ1n) is 8.04. The van der Waals surface area contributed by atoms with Crippen LogP contribution in [0.1, 0.15) is 45.7 Å². The number of carbonyl (C=O) groups is 1. The highest BCUT2D eigenvalue weighted by Gasteiger charge is 2.27. The number of hydrogen-bond acceptors (Lipinski definition) is 4. The SMILES string of the molecule is CC(C)(C)OC(=O)NCC1CCCC1NCc1ccccn1. The Hall–Kier alpha value is -1.62. The van der Waals surface area contributed by atoms with Gasteiger partial charge in [0, 0.05) is 25.3 Å². The van der Waals surface area contributed by atoms with Gasteiger partial charge in [0.25, 0.3) is 0 Å². The zero-order valence-electron chi connectivity index (χ0n) is 13.8. The van der Waals surface area contributed by atoms with Crippen LogP contribution in [0.15, 0.2) is 24.4 Å². The summed E-state index contributed by atoms with van der Waals surface area (Å²) >= 11 is 0. The van der Waals surface area contributed by atoms with Crippen molar-refractivity contribution in [3.63, 3.8) is 0 Å². The molecule has 0 radical (unpaired) electrons. The summed E-state index contributed by atoms with van der Waals surface area (Å²) in [6, 6.07) is 6.37. The van der Waals surface area contributed by atoms with E-state index in [0.29, 0.717) is 18.5 Å². The van der Waals surface area contributed by atoms with Gasteiger partial charge in [0.1, 0.15) is 5.60 Å². The molecule has 0 bridgehead atoms. The summed E-state index contributed by atoms with van der Waals surface area (Å²) in [6.45, 7) is 7.06. The number of carbonyl (C=O) groups excluding carboxylic acids is 1. The van der Waals surface area contributed by atoms with Gasteiger partial charge in [0.2, 0.25) is 0 Å². The molecule has 5 nitrogen and oxygen atoms in total. The fourth-order valence-corrected chi connectivity index (χ4v) is 2.82. The van der Waals surface area contributed by atoms with E-state index in [2.05, 4.69) is 15.6 Å². The van der Waals surface area contributed by atoms with Crippen molar-refractivity contribution in [2.75, 3.05) is 6.54 Å². The summed E-state index contributed by atoms with van der Waals surface area (Å²) in [7, 11) is 0. The van der Waals surface area contributed by atoms with Gasteiger partial charge in [0.15, 0.2) is 0 Å². The lowest BCUT2D eigenvalue weighted by Gasteiger charge is -2.23.